The maximum atomic E-state index is 6.21. The molecular weight excluding hydrogens is 326 g/mol. The molecule has 1 aromatic carbocycles. The molecule has 19 heavy (non-hydrogen) atoms. The Morgan fingerprint density at radius 2 is 2.11 bits per heavy atom. The van der Waals surface area contributed by atoms with Crippen molar-refractivity contribution in [1.82, 2.24) is 9.55 Å². The zero-order valence-corrected chi connectivity index (χ0v) is 13.4. The van der Waals surface area contributed by atoms with Crippen molar-refractivity contribution in [3.05, 3.63) is 33.5 Å². The second-order valence-corrected chi connectivity index (χ2v) is 5.65. The van der Waals surface area contributed by atoms with Crippen LogP contribution in [0.3, 0.4) is 0 Å². The second kappa shape index (κ2) is 5.97. The molecule has 102 valence electrons. The molecule has 0 unspecified atom stereocenters. The molecule has 0 amide bonds. The van der Waals surface area contributed by atoms with Crippen LogP contribution in [-0.2, 0) is 13.0 Å². The van der Waals surface area contributed by atoms with Crippen molar-refractivity contribution >= 4 is 33.3 Å². The number of benzene rings is 1. The van der Waals surface area contributed by atoms with E-state index in [4.69, 9.17) is 17.3 Å². The fourth-order valence-electron chi connectivity index (χ4n) is 2.14. The van der Waals surface area contributed by atoms with Crippen molar-refractivity contribution < 1.29 is 0 Å². The molecule has 0 fully saturated rings. The van der Waals surface area contributed by atoms with Crippen LogP contribution in [0.5, 0.6) is 0 Å². The van der Waals surface area contributed by atoms with E-state index in [1.165, 1.54) is 0 Å². The second-order valence-electron chi connectivity index (χ2n) is 4.39. The van der Waals surface area contributed by atoms with E-state index in [2.05, 4.69) is 39.3 Å². The summed E-state index contributed by atoms with van der Waals surface area (Å²) in [6.45, 7) is 5.05. The molecule has 0 spiro atoms. The van der Waals surface area contributed by atoms with Crippen LogP contribution in [0.4, 0.5) is 5.82 Å². The Labute approximate surface area is 126 Å². The molecule has 2 rings (SSSR count). The molecule has 0 aliphatic carbocycles. The van der Waals surface area contributed by atoms with E-state index in [-0.39, 0.29) is 0 Å². The summed E-state index contributed by atoms with van der Waals surface area (Å²) in [5, 5.41) is 0.667. The SMILES string of the molecule is CCCc1nc(-c2ccc(Br)c(Cl)c2)c(N)n1CC. The van der Waals surface area contributed by atoms with E-state index >= 15 is 0 Å². The lowest BCUT2D eigenvalue weighted by molar-refractivity contribution is 0.690. The summed E-state index contributed by atoms with van der Waals surface area (Å²) >= 11 is 9.53. The van der Waals surface area contributed by atoms with Crippen LogP contribution in [0.25, 0.3) is 11.3 Å². The third-order valence-electron chi connectivity index (χ3n) is 3.07. The van der Waals surface area contributed by atoms with Gasteiger partial charge in [-0.3, -0.25) is 0 Å². The summed E-state index contributed by atoms with van der Waals surface area (Å²) < 4.78 is 2.94. The fourth-order valence-corrected chi connectivity index (χ4v) is 2.56. The Kier molecular flexibility index (Phi) is 4.53. The number of hydrogen-bond donors (Lipinski definition) is 1. The summed E-state index contributed by atoms with van der Waals surface area (Å²) in [5.74, 6) is 1.75. The van der Waals surface area contributed by atoms with Gasteiger partial charge in [0.2, 0.25) is 0 Å². The van der Waals surface area contributed by atoms with Crippen LogP contribution >= 0.6 is 27.5 Å². The molecule has 0 bridgehead atoms. The number of halogens is 2. The Balaban J connectivity index is 2.52. The smallest absolute Gasteiger partial charge is 0.131 e. The normalized spacial score (nSPS) is 10.9. The summed E-state index contributed by atoms with van der Waals surface area (Å²) in [4.78, 5) is 4.68. The highest BCUT2D eigenvalue weighted by atomic mass is 79.9. The highest BCUT2D eigenvalue weighted by Crippen LogP contribution is 2.32. The molecule has 1 heterocycles. The molecule has 2 aromatic rings. The van der Waals surface area contributed by atoms with Crippen molar-refractivity contribution in [2.45, 2.75) is 33.2 Å². The first-order valence-electron chi connectivity index (χ1n) is 6.38. The quantitative estimate of drug-likeness (QED) is 0.887. The predicted octanol–water partition coefficient (Wildman–Crippen LogP) is 4.52. The summed E-state index contributed by atoms with van der Waals surface area (Å²) in [5.41, 5.74) is 7.98. The Bertz CT molecular complexity index is 593. The predicted molar refractivity (Wildman–Crippen MR) is 84.5 cm³/mol. The first-order valence-corrected chi connectivity index (χ1v) is 7.55. The van der Waals surface area contributed by atoms with Gasteiger partial charge in [0.15, 0.2) is 0 Å². The summed E-state index contributed by atoms with van der Waals surface area (Å²) in [7, 11) is 0. The van der Waals surface area contributed by atoms with Crippen LogP contribution in [-0.4, -0.2) is 9.55 Å². The van der Waals surface area contributed by atoms with Gasteiger partial charge in [0, 0.05) is 23.0 Å². The van der Waals surface area contributed by atoms with Gasteiger partial charge in [0.05, 0.1) is 5.02 Å². The van der Waals surface area contributed by atoms with Crippen molar-refractivity contribution in [2.75, 3.05) is 5.73 Å². The lowest BCUT2D eigenvalue weighted by atomic mass is 10.1. The van der Waals surface area contributed by atoms with Gasteiger partial charge in [-0.25, -0.2) is 4.98 Å². The zero-order chi connectivity index (χ0) is 14.0. The van der Waals surface area contributed by atoms with Gasteiger partial charge in [-0.15, -0.1) is 0 Å². The first-order chi connectivity index (χ1) is 9.08. The largest absolute Gasteiger partial charge is 0.383 e. The number of nitrogens with zero attached hydrogens (tertiary/aromatic N) is 2. The van der Waals surface area contributed by atoms with Crippen LogP contribution in [0.1, 0.15) is 26.1 Å². The molecule has 5 heteroatoms. The molecule has 0 saturated carbocycles. The van der Waals surface area contributed by atoms with Gasteiger partial charge >= 0.3 is 0 Å². The molecule has 0 atom stereocenters. The topological polar surface area (TPSA) is 43.8 Å². The zero-order valence-electron chi connectivity index (χ0n) is 11.1. The molecule has 2 N–H and O–H groups in total. The summed E-state index contributed by atoms with van der Waals surface area (Å²) in [6.07, 6.45) is 1.99. The monoisotopic (exact) mass is 341 g/mol. The van der Waals surface area contributed by atoms with Gasteiger partial charge in [0.25, 0.3) is 0 Å². The maximum Gasteiger partial charge on any atom is 0.131 e. The lowest BCUT2D eigenvalue weighted by Gasteiger charge is -2.05. The number of aromatic nitrogens is 2. The van der Waals surface area contributed by atoms with Crippen molar-refractivity contribution in [2.24, 2.45) is 0 Å². The highest BCUT2D eigenvalue weighted by Gasteiger charge is 2.15. The van der Waals surface area contributed by atoms with Crippen LogP contribution < -0.4 is 5.73 Å². The van der Waals surface area contributed by atoms with Gasteiger partial charge < -0.3 is 10.3 Å². The molecule has 0 radical (unpaired) electrons. The van der Waals surface area contributed by atoms with Crippen molar-refractivity contribution in [1.29, 1.82) is 0 Å². The van der Waals surface area contributed by atoms with E-state index in [0.29, 0.717) is 10.8 Å². The third-order valence-corrected chi connectivity index (χ3v) is 4.30. The minimum Gasteiger partial charge on any atom is -0.383 e. The van der Waals surface area contributed by atoms with Crippen LogP contribution in [0.15, 0.2) is 22.7 Å². The molecule has 3 nitrogen and oxygen atoms in total. The third kappa shape index (κ3) is 2.79. The number of imidazole rings is 1. The number of nitrogens with two attached hydrogens (primary N) is 1. The molecule has 0 saturated heterocycles. The van der Waals surface area contributed by atoms with E-state index in [1.54, 1.807) is 0 Å². The number of anilines is 1. The number of hydrogen-bond acceptors (Lipinski definition) is 2. The van der Waals surface area contributed by atoms with E-state index < -0.39 is 0 Å². The number of aryl methyl sites for hydroxylation is 1. The Morgan fingerprint density at radius 3 is 2.68 bits per heavy atom. The Morgan fingerprint density at radius 1 is 1.37 bits per heavy atom. The minimum atomic E-state index is 0.667. The average molecular weight is 343 g/mol. The highest BCUT2D eigenvalue weighted by molar-refractivity contribution is 9.10. The maximum absolute atomic E-state index is 6.21. The molecule has 1 aromatic heterocycles. The van der Waals surface area contributed by atoms with Gasteiger partial charge in [-0.05, 0) is 41.4 Å². The van der Waals surface area contributed by atoms with Gasteiger partial charge in [-0.1, -0.05) is 24.6 Å². The van der Waals surface area contributed by atoms with Crippen LogP contribution in [0.2, 0.25) is 5.02 Å². The van der Waals surface area contributed by atoms with E-state index in [1.807, 2.05) is 18.2 Å². The molecular formula is C14H17BrClN3. The standard InChI is InChI=1S/C14H17BrClN3/c1-3-5-12-18-13(14(17)19(12)4-2)9-6-7-10(15)11(16)8-9/h6-8H,3-5,17H2,1-2H3. The van der Waals surface area contributed by atoms with Crippen LogP contribution in [0, 0.1) is 0 Å². The van der Waals surface area contributed by atoms with Crippen molar-refractivity contribution in [3.8, 4) is 11.3 Å². The van der Waals surface area contributed by atoms with Gasteiger partial charge in [-0.2, -0.15) is 0 Å². The molecule has 0 aliphatic rings. The first kappa shape index (κ1) is 14.4. The lowest BCUT2D eigenvalue weighted by Crippen LogP contribution is -2.05. The molecule has 0 aliphatic heterocycles. The van der Waals surface area contributed by atoms with E-state index in [9.17, 15) is 0 Å². The fraction of sp³-hybridized carbons (Fsp3) is 0.357. The number of rotatable bonds is 4. The van der Waals surface area contributed by atoms with Crippen molar-refractivity contribution in [3.63, 3.8) is 0 Å². The van der Waals surface area contributed by atoms with E-state index in [0.717, 1.165) is 40.9 Å². The number of nitrogen functional groups attached to an aromatic ring is 1. The average Bonchev–Trinajstić information content (AvgIpc) is 2.70. The minimum absolute atomic E-state index is 0.667. The Hall–Kier alpha value is -1.00. The van der Waals surface area contributed by atoms with Gasteiger partial charge in [0.1, 0.15) is 17.3 Å². The summed E-state index contributed by atoms with van der Waals surface area (Å²) in [6, 6.07) is 5.78.